The van der Waals surface area contributed by atoms with Gasteiger partial charge in [-0.25, -0.2) is 4.39 Å². The first-order valence-corrected chi connectivity index (χ1v) is 8.89. The van der Waals surface area contributed by atoms with E-state index >= 15 is 0 Å². The number of H-pyrrole nitrogens is 1. The van der Waals surface area contributed by atoms with Crippen molar-refractivity contribution in [2.75, 3.05) is 6.54 Å². The van der Waals surface area contributed by atoms with E-state index in [1.807, 2.05) is 32.3 Å². The molecule has 3 N–H and O–H groups in total. The molecule has 0 radical (unpaired) electrons. The van der Waals surface area contributed by atoms with Gasteiger partial charge in [0, 0.05) is 29.8 Å². The normalized spacial score (nSPS) is 11.4. The Kier molecular flexibility index (Phi) is 4.45. The number of nitrogens with zero attached hydrogens (tertiary/aromatic N) is 4. The minimum absolute atomic E-state index is 0.264. The van der Waals surface area contributed by atoms with Crippen LogP contribution in [0.5, 0.6) is 0 Å². The van der Waals surface area contributed by atoms with Gasteiger partial charge >= 0.3 is 0 Å². The molecule has 0 aliphatic rings. The summed E-state index contributed by atoms with van der Waals surface area (Å²) >= 11 is 0. The number of halogens is 1. The number of aromatic nitrogens is 5. The van der Waals surface area contributed by atoms with Crippen LogP contribution >= 0.6 is 0 Å². The number of aromatic amines is 1. The van der Waals surface area contributed by atoms with E-state index < -0.39 is 0 Å². The van der Waals surface area contributed by atoms with Crippen LogP contribution in [0.4, 0.5) is 4.39 Å². The van der Waals surface area contributed by atoms with Gasteiger partial charge < -0.3 is 5.73 Å². The maximum Gasteiger partial charge on any atom is 0.133 e. The summed E-state index contributed by atoms with van der Waals surface area (Å²) in [6.45, 7) is 2.51. The molecule has 0 saturated carbocycles. The lowest BCUT2D eigenvalue weighted by Gasteiger charge is -2.10. The minimum atomic E-state index is -0.264. The van der Waals surface area contributed by atoms with Crippen molar-refractivity contribution < 1.29 is 4.39 Å². The molecule has 1 aromatic carbocycles. The first-order valence-electron chi connectivity index (χ1n) is 8.89. The van der Waals surface area contributed by atoms with Crippen molar-refractivity contribution in [1.82, 2.24) is 25.0 Å². The van der Waals surface area contributed by atoms with Crippen LogP contribution in [0.1, 0.15) is 17.5 Å². The summed E-state index contributed by atoms with van der Waals surface area (Å²) in [5.74, 6) is -0.264. The molecule has 7 heteroatoms. The highest BCUT2D eigenvalue weighted by Gasteiger charge is 2.16. The van der Waals surface area contributed by atoms with E-state index in [-0.39, 0.29) is 5.82 Å². The van der Waals surface area contributed by atoms with Crippen LogP contribution < -0.4 is 5.73 Å². The van der Waals surface area contributed by atoms with E-state index in [1.54, 1.807) is 23.1 Å². The average molecular weight is 364 g/mol. The zero-order chi connectivity index (χ0) is 19.0. The Morgan fingerprint density at radius 3 is 2.78 bits per heavy atom. The van der Waals surface area contributed by atoms with Crippen molar-refractivity contribution in [3.05, 3.63) is 53.7 Å². The van der Waals surface area contributed by atoms with Gasteiger partial charge in [-0.05, 0) is 49.6 Å². The lowest BCUT2D eigenvalue weighted by atomic mass is 9.98. The van der Waals surface area contributed by atoms with Gasteiger partial charge in [-0.1, -0.05) is 6.07 Å². The lowest BCUT2D eigenvalue weighted by Crippen LogP contribution is -2.01. The largest absolute Gasteiger partial charge is 0.330 e. The summed E-state index contributed by atoms with van der Waals surface area (Å²) < 4.78 is 16.6. The molecule has 0 spiro atoms. The first-order chi connectivity index (χ1) is 13.1. The second-order valence-corrected chi connectivity index (χ2v) is 6.75. The Hall–Kier alpha value is -3.06. The fourth-order valence-electron chi connectivity index (χ4n) is 3.41. The number of rotatable bonds is 5. The molecule has 0 saturated heterocycles. The Morgan fingerprint density at radius 2 is 2.07 bits per heavy atom. The monoisotopic (exact) mass is 364 g/mol. The minimum Gasteiger partial charge on any atom is -0.330 e. The molecular weight excluding hydrogens is 343 g/mol. The van der Waals surface area contributed by atoms with Crippen molar-refractivity contribution in [1.29, 1.82) is 0 Å². The highest BCUT2D eigenvalue weighted by atomic mass is 19.1. The van der Waals surface area contributed by atoms with Gasteiger partial charge in [0.25, 0.3) is 0 Å². The standard InChI is InChI=1S/C20H21FN6/c1-12-6-13(4-3-5-22)7-16(21)19(12)17-8-15-18(10-23-17)25-26-20(15)14-9-24-27(2)11-14/h6-11H,3-5,22H2,1-2H3,(H,25,26). The van der Waals surface area contributed by atoms with E-state index in [0.717, 1.165) is 46.1 Å². The number of aryl methyl sites for hydroxylation is 3. The van der Waals surface area contributed by atoms with Crippen LogP contribution in [0, 0.1) is 12.7 Å². The van der Waals surface area contributed by atoms with Crippen LogP contribution in [0.25, 0.3) is 33.4 Å². The van der Waals surface area contributed by atoms with Crippen molar-refractivity contribution in [3.63, 3.8) is 0 Å². The second-order valence-electron chi connectivity index (χ2n) is 6.75. The molecule has 0 aliphatic heterocycles. The molecule has 3 aromatic heterocycles. The van der Waals surface area contributed by atoms with Crippen LogP contribution in [0.15, 0.2) is 36.8 Å². The molecule has 0 aliphatic carbocycles. The average Bonchev–Trinajstić information content (AvgIpc) is 3.25. The van der Waals surface area contributed by atoms with Crippen LogP contribution in [0.3, 0.4) is 0 Å². The first kappa shape index (κ1) is 17.4. The van der Waals surface area contributed by atoms with Gasteiger partial charge in [-0.2, -0.15) is 10.2 Å². The van der Waals surface area contributed by atoms with Crippen LogP contribution in [-0.2, 0) is 13.5 Å². The summed E-state index contributed by atoms with van der Waals surface area (Å²) in [6, 6.07) is 5.48. The van der Waals surface area contributed by atoms with E-state index in [0.29, 0.717) is 17.8 Å². The van der Waals surface area contributed by atoms with Crippen LogP contribution in [-0.4, -0.2) is 31.5 Å². The van der Waals surface area contributed by atoms with Gasteiger partial charge in [0.05, 0.1) is 23.6 Å². The molecule has 27 heavy (non-hydrogen) atoms. The predicted octanol–water partition coefficient (Wildman–Crippen LogP) is 3.36. The lowest BCUT2D eigenvalue weighted by molar-refractivity contribution is 0.626. The van der Waals surface area contributed by atoms with Crippen molar-refractivity contribution in [3.8, 4) is 22.5 Å². The van der Waals surface area contributed by atoms with Gasteiger partial charge in [-0.15, -0.1) is 0 Å². The van der Waals surface area contributed by atoms with E-state index in [1.165, 1.54) is 0 Å². The predicted molar refractivity (Wildman–Crippen MR) is 104 cm³/mol. The SMILES string of the molecule is Cc1cc(CCCN)cc(F)c1-c1cc2c(-c3cnn(C)c3)n[nH]c2cn1. The van der Waals surface area contributed by atoms with Crippen molar-refractivity contribution in [2.45, 2.75) is 19.8 Å². The number of pyridine rings is 1. The molecule has 0 unspecified atom stereocenters. The number of hydrogen-bond donors (Lipinski definition) is 2. The van der Waals surface area contributed by atoms with Crippen molar-refractivity contribution in [2.24, 2.45) is 12.8 Å². The maximum atomic E-state index is 14.9. The zero-order valence-corrected chi connectivity index (χ0v) is 15.3. The molecule has 0 bridgehead atoms. The molecule has 138 valence electrons. The highest BCUT2D eigenvalue weighted by Crippen LogP contribution is 2.32. The quantitative estimate of drug-likeness (QED) is 0.569. The number of hydrogen-bond acceptors (Lipinski definition) is 4. The summed E-state index contributed by atoms with van der Waals surface area (Å²) in [7, 11) is 1.86. The summed E-state index contributed by atoms with van der Waals surface area (Å²) in [5, 5.41) is 12.5. The van der Waals surface area contributed by atoms with E-state index in [4.69, 9.17) is 5.73 Å². The molecule has 4 aromatic rings. The number of nitrogens with two attached hydrogens (primary N) is 1. The number of nitrogens with one attached hydrogen (secondary N) is 1. The van der Waals surface area contributed by atoms with Gasteiger partial charge in [0.15, 0.2) is 0 Å². The van der Waals surface area contributed by atoms with Crippen LogP contribution in [0.2, 0.25) is 0 Å². The van der Waals surface area contributed by atoms with E-state index in [2.05, 4.69) is 20.3 Å². The van der Waals surface area contributed by atoms with E-state index in [9.17, 15) is 4.39 Å². The summed E-state index contributed by atoms with van der Waals surface area (Å²) in [5.41, 5.74) is 11.0. The Bertz CT molecular complexity index is 1090. The Labute approximate surface area is 156 Å². The molecule has 0 amide bonds. The smallest absolute Gasteiger partial charge is 0.133 e. The second kappa shape index (κ2) is 6.92. The third-order valence-electron chi connectivity index (χ3n) is 4.70. The highest BCUT2D eigenvalue weighted by molar-refractivity contribution is 5.94. The summed E-state index contributed by atoms with van der Waals surface area (Å²) in [6.07, 6.45) is 6.96. The molecular formula is C20H21FN6. The molecule has 4 rings (SSSR count). The molecule has 6 nitrogen and oxygen atoms in total. The van der Waals surface area contributed by atoms with Crippen molar-refractivity contribution >= 4 is 10.9 Å². The third-order valence-corrected chi connectivity index (χ3v) is 4.70. The van der Waals surface area contributed by atoms with Gasteiger partial charge in [-0.3, -0.25) is 14.8 Å². The zero-order valence-electron chi connectivity index (χ0n) is 15.3. The molecule has 0 atom stereocenters. The fraction of sp³-hybridized carbons (Fsp3) is 0.250. The topological polar surface area (TPSA) is 85.4 Å². The third kappa shape index (κ3) is 3.21. The fourth-order valence-corrected chi connectivity index (χ4v) is 3.41. The number of fused-ring (bicyclic) bond motifs is 1. The Morgan fingerprint density at radius 1 is 1.22 bits per heavy atom. The molecule has 0 fully saturated rings. The number of benzene rings is 1. The maximum absolute atomic E-state index is 14.9. The Balaban J connectivity index is 1.80. The molecule has 3 heterocycles. The summed E-state index contributed by atoms with van der Waals surface area (Å²) in [4.78, 5) is 4.45. The van der Waals surface area contributed by atoms with Gasteiger partial charge in [0.2, 0.25) is 0 Å². The van der Waals surface area contributed by atoms with Gasteiger partial charge in [0.1, 0.15) is 11.5 Å².